The van der Waals surface area contributed by atoms with E-state index < -0.39 is 23.1 Å². The van der Waals surface area contributed by atoms with Crippen LogP contribution in [0.2, 0.25) is 0 Å². The molecule has 0 aliphatic carbocycles. The van der Waals surface area contributed by atoms with Crippen LogP contribution in [0.3, 0.4) is 0 Å². The molecule has 10 heteroatoms. The summed E-state index contributed by atoms with van der Waals surface area (Å²) >= 11 is 1.01. The smallest absolute Gasteiger partial charge is 0.343 e. The number of benzene rings is 2. The molecule has 1 heterocycles. The second kappa shape index (κ2) is 10.6. The fraction of sp³-hybridized carbons (Fsp3) is 0.227. The van der Waals surface area contributed by atoms with E-state index in [4.69, 9.17) is 14.6 Å². The highest BCUT2D eigenvalue weighted by atomic mass is 32.2. The van der Waals surface area contributed by atoms with Crippen LogP contribution in [0.5, 0.6) is 11.5 Å². The first-order valence-corrected chi connectivity index (χ1v) is 10.6. The first-order chi connectivity index (χ1) is 15.4. The van der Waals surface area contributed by atoms with Crippen molar-refractivity contribution in [3.63, 3.8) is 0 Å². The molecule has 1 atom stereocenters. The lowest BCUT2D eigenvalue weighted by Crippen LogP contribution is -2.26. The fourth-order valence-corrected chi connectivity index (χ4v) is 3.61. The van der Waals surface area contributed by atoms with Crippen molar-refractivity contribution in [2.45, 2.75) is 25.5 Å². The van der Waals surface area contributed by atoms with E-state index in [1.807, 2.05) is 26.0 Å². The molecule has 0 spiro atoms. The summed E-state index contributed by atoms with van der Waals surface area (Å²) in [5.41, 5.74) is 2.10. The number of nitrogens with one attached hydrogen (secondary N) is 1. The maximum Gasteiger partial charge on any atom is 0.343 e. The molecule has 2 N–H and O–H groups in total. The first-order valence-electron chi connectivity index (χ1n) is 9.71. The number of thioether (sulfide) groups is 1. The van der Waals surface area contributed by atoms with Crippen molar-refractivity contribution in [2.75, 3.05) is 6.61 Å². The molecule has 1 aliphatic heterocycles. The maximum atomic E-state index is 12.4. The largest absolute Gasteiger partial charge is 0.490 e. The Morgan fingerprint density at radius 2 is 1.94 bits per heavy atom. The van der Waals surface area contributed by atoms with E-state index >= 15 is 0 Å². The van der Waals surface area contributed by atoms with Crippen molar-refractivity contribution in [3.05, 3.63) is 59.2 Å². The average molecular weight is 455 g/mol. The lowest BCUT2D eigenvalue weighted by atomic mass is 10.1. The van der Waals surface area contributed by atoms with Crippen molar-refractivity contribution >= 4 is 41.0 Å². The zero-order valence-corrected chi connectivity index (χ0v) is 18.2. The molecule has 1 amide bonds. The minimum absolute atomic E-state index is 0.228. The summed E-state index contributed by atoms with van der Waals surface area (Å²) in [5, 5.41) is 18.7. The highest BCUT2D eigenvalue weighted by molar-refractivity contribution is 8.15. The van der Waals surface area contributed by atoms with E-state index in [-0.39, 0.29) is 17.3 Å². The van der Waals surface area contributed by atoms with Gasteiger partial charge in [-0.3, -0.25) is 9.59 Å². The van der Waals surface area contributed by atoms with Crippen molar-refractivity contribution in [1.82, 2.24) is 5.32 Å². The minimum Gasteiger partial charge on any atom is -0.490 e. The van der Waals surface area contributed by atoms with Crippen LogP contribution in [0.1, 0.15) is 34.8 Å². The van der Waals surface area contributed by atoms with Crippen LogP contribution < -0.4 is 14.8 Å². The van der Waals surface area contributed by atoms with Gasteiger partial charge in [-0.2, -0.15) is 5.10 Å². The predicted molar refractivity (Wildman–Crippen MR) is 121 cm³/mol. The Morgan fingerprint density at radius 1 is 1.19 bits per heavy atom. The van der Waals surface area contributed by atoms with Crippen molar-refractivity contribution < 1.29 is 29.0 Å². The molecule has 0 aromatic heterocycles. The van der Waals surface area contributed by atoms with Gasteiger partial charge >= 0.3 is 11.9 Å². The second-order valence-electron chi connectivity index (χ2n) is 6.74. The van der Waals surface area contributed by atoms with E-state index in [2.05, 4.69) is 15.5 Å². The Balaban J connectivity index is 1.70. The molecule has 0 unspecified atom stereocenters. The number of carbonyl (C=O) groups is 3. The summed E-state index contributed by atoms with van der Waals surface area (Å²) in [6.45, 7) is 4.11. The third-order valence-corrected chi connectivity index (χ3v) is 5.32. The van der Waals surface area contributed by atoms with Crippen LogP contribution in [0.25, 0.3) is 0 Å². The van der Waals surface area contributed by atoms with Crippen LogP contribution in [0.15, 0.2) is 52.7 Å². The Kier molecular flexibility index (Phi) is 7.61. The fourth-order valence-electron chi connectivity index (χ4n) is 2.70. The van der Waals surface area contributed by atoms with Gasteiger partial charge in [0.2, 0.25) is 5.91 Å². The second-order valence-corrected chi connectivity index (χ2v) is 7.93. The standard InChI is InChI=1S/C22H21N3O6S/c1-3-30-17-10-14(12-23-25-22-24-20(28)18(32-22)11-19(26)27)6-9-16(17)31-21(29)15-7-4-13(2)5-8-15/h4-10,12,18H,3,11H2,1-2H3,(H,26,27)(H,24,25,28)/b23-12-/t18-/m0/s1. The van der Waals surface area contributed by atoms with Gasteiger partial charge in [-0.1, -0.05) is 29.5 Å². The molecule has 1 fully saturated rings. The van der Waals surface area contributed by atoms with Gasteiger partial charge < -0.3 is 19.9 Å². The number of amides is 1. The Hall–Kier alpha value is -3.66. The number of nitrogens with zero attached hydrogens (tertiary/aromatic N) is 2. The number of ether oxygens (including phenoxy) is 2. The molecule has 1 aliphatic rings. The minimum atomic E-state index is -1.06. The Bertz CT molecular complexity index is 1080. The predicted octanol–water partition coefficient (Wildman–Crippen LogP) is 3.01. The zero-order valence-electron chi connectivity index (χ0n) is 17.4. The van der Waals surface area contributed by atoms with Gasteiger partial charge in [-0.05, 0) is 49.7 Å². The molecule has 0 bridgehead atoms. The van der Waals surface area contributed by atoms with E-state index in [9.17, 15) is 14.4 Å². The summed E-state index contributed by atoms with van der Waals surface area (Å²) in [6, 6.07) is 12.0. The van der Waals surface area contributed by atoms with E-state index in [1.54, 1.807) is 30.3 Å². The summed E-state index contributed by atoms with van der Waals surface area (Å²) in [7, 11) is 0. The highest BCUT2D eigenvalue weighted by Crippen LogP contribution is 2.29. The Labute approximate surface area is 188 Å². The third-order valence-electron chi connectivity index (χ3n) is 4.25. The molecule has 2 aromatic carbocycles. The molecule has 0 saturated carbocycles. The van der Waals surface area contributed by atoms with Crippen LogP contribution >= 0.6 is 11.8 Å². The van der Waals surface area contributed by atoms with Gasteiger partial charge in [0, 0.05) is 0 Å². The number of carboxylic acids is 1. The number of esters is 1. The molecular weight excluding hydrogens is 434 g/mol. The normalized spacial score (nSPS) is 16.9. The Morgan fingerprint density at radius 3 is 2.62 bits per heavy atom. The van der Waals surface area contributed by atoms with E-state index in [0.29, 0.717) is 23.5 Å². The van der Waals surface area contributed by atoms with Crippen LogP contribution in [0, 0.1) is 6.92 Å². The number of amidine groups is 1. The molecule has 3 rings (SSSR count). The average Bonchev–Trinajstić information content (AvgIpc) is 3.09. The van der Waals surface area contributed by atoms with Crippen molar-refractivity contribution in [2.24, 2.45) is 10.2 Å². The lowest BCUT2D eigenvalue weighted by Gasteiger charge is -2.11. The lowest BCUT2D eigenvalue weighted by molar-refractivity contribution is -0.138. The maximum absolute atomic E-state index is 12.4. The van der Waals surface area contributed by atoms with Gasteiger partial charge in [-0.15, -0.1) is 5.10 Å². The number of hydrogen-bond donors (Lipinski definition) is 2. The molecule has 1 saturated heterocycles. The number of carboxylic acid groups (broad SMARTS) is 1. The molecule has 166 valence electrons. The van der Waals surface area contributed by atoms with Crippen LogP contribution in [0.4, 0.5) is 0 Å². The number of rotatable bonds is 8. The quantitative estimate of drug-likeness (QED) is 0.271. The molecule has 32 heavy (non-hydrogen) atoms. The van der Waals surface area contributed by atoms with Crippen LogP contribution in [-0.2, 0) is 9.59 Å². The van der Waals surface area contributed by atoms with E-state index in [0.717, 1.165) is 17.3 Å². The SMILES string of the molecule is CCOc1cc(/C=N\N=C2/NC(=O)[C@H](CC(=O)O)S2)ccc1OC(=O)c1ccc(C)cc1. The van der Waals surface area contributed by atoms with Crippen molar-refractivity contribution in [1.29, 1.82) is 0 Å². The number of aliphatic carboxylic acids is 1. The van der Waals surface area contributed by atoms with Gasteiger partial charge in [-0.25, -0.2) is 4.79 Å². The van der Waals surface area contributed by atoms with Crippen molar-refractivity contribution in [3.8, 4) is 11.5 Å². The topological polar surface area (TPSA) is 127 Å². The zero-order chi connectivity index (χ0) is 23.1. The molecule has 2 aromatic rings. The molecular formula is C22H21N3O6S. The summed E-state index contributed by atoms with van der Waals surface area (Å²) in [5.74, 6) is -1.33. The number of carbonyl (C=O) groups excluding carboxylic acids is 2. The van der Waals surface area contributed by atoms with Gasteiger partial charge in [0.25, 0.3) is 0 Å². The summed E-state index contributed by atoms with van der Waals surface area (Å²) in [6.07, 6.45) is 1.15. The van der Waals surface area contributed by atoms with Crippen LogP contribution in [-0.4, -0.2) is 46.2 Å². The van der Waals surface area contributed by atoms with E-state index in [1.165, 1.54) is 6.21 Å². The van der Waals surface area contributed by atoms with Gasteiger partial charge in [0.05, 0.1) is 24.8 Å². The van der Waals surface area contributed by atoms with Gasteiger partial charge in [0.15, 0.2) is 16.7 Å². The third kappa shape index (κ3) is 6.17. The first kappa shape index (κ1) is 23.0. The number of aryl methyl sites for hydroxylation is 1. The molecule has 9 nitrogen and oxygen atoms in total. The monoisotopic (exact) mass is 455 g/mol. The van der Waals surface area contributed by atoms with Gasteiger partial charge in [0.1, 0.15) is 5.25 Å². The summed E-state index contributed by atoms with van der Waals surface area (Å²) < 4.78 is 11.1. The molecule has 0 radical (unpaired) electrons. The summed E-state index contributed by atoms with van der Waals surface area (Å²) in [4.78, 5) is 34.9. The number of hydrogen-bond acceptors (Lipinski definition) is 8. The highest BCUT2D eigenvalue weighted by Gasteiger charge is 2.32.